The number of ether oxygens (including phenoxy) is 1. The molecule has 2 N–H and O–H groups in total. The van der Waals surface area contributed by atoms with Crippen LogP contribution in [0.15, 0.2) is 63.8 Å². The van der Waals surface area contributed by atoms with Crippen LogP contribution in [0.25, 0.3) is 10.8 Å². The zero-order chi connectivity index (χ0) is 16.0. The van der Waals surface area contributed by atoms with Crippen molar-refractivity contribution in [1.82, 2.24) is 0 Å². The first-order valence-corrected chi connectivity index (χ1v) is 8.69. The third kappa shape index (κ3) is 2.23. The van der Waals surface area contributed by atoms with E-state index >= 15 is 0 Å². The monoisotopic (exact) mass is 382 g/mol. The van der Waals surface area contributed by atoms with Gasteiger partial charge in [0.15, 0.2) is 0 Å². The molecule has 112 valence electrons. The molecule has 0 radical (unpaired) electrons. The van der Waals surface area contributed by atoms with Crippen LogP contribution < -0.4 is 10.5 Å². The minimum Gasteiger partial charge on any atom is -0.440 e. The lowest BCUT2D eigenvalue weighted by Gasteiger charge is -2.26. The first kappa shape index (κ1) is 14.3. The number of hydrogen-bond acceptors (Lipinski definition) is 4. The van der Waals surface area contributed by atoms with Crippen molar-refractivity contribution in [1.29, 1.82) is 5.26 Å². The average Bonchev–Trinajstić information content (AvgIpc) is 2.99. The van der Waals surface area contributed by atoms with Crippen molar-refractivity contribution in [2.24, 2.45) is 5.73 Å². The summed E-state index contributed by atoms with van der Waals surface area (Å²) in [4.78, 5) is 1.07. The van der Waals surface area contributed by atoms with Gasteiger partial charge in [0.05, 0.1) is 5.92 Å². The Hall–Kier alpha value is -2.29. The first-order chi connectivity index (χ1) is 11.2. The number of nitriles is 1. The van der Waals surface area contributed by atoms with Gasteiger partial charge in [-0.15, -0.1) is 11.3 Å². The summed E-state index contributed by atoms with van der Waals surface area (Å²) in [7, 11) is 0. The van der Waals surface area contributed by atoms with Crippen molar-refractivity contribution in [3.63, 3.8) is 0 Å². The Bertz CT molecular complexity index is 1000. The summed E-state index contributed by atoms with van der Waals surface area (Å²) in [5.74, 6) is 0.740. The summed E-state index contributed by atoms with van der Waals surface area (Å²) >= 11 is 5.09. The fourth-order valence-electron chi connectivity index (χ4n) is 2.96. The van der Waals surface area contributed by atoms with Crippen LogP contribution in [-0.4, -0.2) is 0 Å². The second-order valence-corrected chi connectivity index (χ2v) is 7.16. The Morgan fingerprint density at radius 3 is 2.78 bits per heavy atom. The van der Waals surface area contributed by atoms with Crippen molar-refractivity contribution in [2.75, 3.05) is 0 Å². The molecule has 0 amide bonds. The fraction of sp³-hybridized carbons (Fsp3) is 0.0556. The number of nitrogens with zero attached hydrogens (tertiary/aromatic N) is 1. The highest BCUT2D eigenvalue weighted by molar-refractivity contribution is 9.10. The van der Waals surface area contributed by atoms with E-state index < -0.39 is 0 Å². The van der Waals surface area contributed by atoms with Gasteiger partial charge in [-0.25, -0.2) is 0 Å². The molecule has 4 rings (SSSR count). The van der Waals surface area contributed by atoms with Crippen LogP contribution >= 0.6 is 27.3 Å². The van der Waals surface area contributed by atoms with Crippen LogP contribution in [0.2, 0.25) is 0 Å². The SMILES string of the molecule is N#CC1=C(N)Oc2c(ccc3ccccc23)C1c1cc(Br)cs1. The van der Waals surface area contributed by atoms with E-state index in [4.69, 9.17) is 10.5 Å². The molecule has 3 aromatic rings. The molecule has 1 aliphatic rings. The van der Waals surface area contributed by atoms with E-state index in [0.717, 1.165) is 31.4 Å². The number of allylic oxidation sites excluding steroid dienone is 1. The van der Waals surface area contributed by atoms with Gasteiger partial charge in [0.25, 0.3) is 0 Å². The minimum absolute atomic E-state index is 0.186. The Morgan fingerprint density at radius 2 is 2.04 bits per heavy atom. The van der Waals surface area contributed by atoms with Crippen molar-refractivity contribution in [3.05, 3.63) is 74.2 Å². The zero-order valence-corrected chi connectivity index (χ0v) is 14.3. The third-order valence-electron chi connectivity index (χ3n) is 3.98. The van der Waals surface area contributed by atoms with Crippen LogP contribution in [0.4, 0.5) is 0 Å². The maximum atomic E-state index is 9.56. The molecule has 0 saturated carbocycles. The van der Waals surface area contributed by atoms with Gasteiger partial charge in [0, 0.05) is 25.7 Å². The number of fused-ring (bicyclic) bond motifs is 3. The van der Waals surface area contributed by atoms with E-state index in [1.807, 2.05) is 41.8 Å². The largest absolute Gasteiger partial charge is 0.440 e. The molecule has 0 fully saturated rings. The van der Waals surface area contributed by atoms with Gasteiger partial charge in [-0.1, -0.05) is 36.4 Å². The van der Waals surface area contributed by atoms with Crippen LogP contribution in [0.3, 0.4) is 0 Å². The highest BCUT2D eigenvalue weighted by Gasteiger charge is 2.32. The van der Waals surface area contributed by atoms with Crippen molar-refractivity contribution in [3.8, 4) is 11.8 Å². The molecule has 0 saturated heterocycles. The van der Waals surface area contributed by atoms with Gasteiger partial charge in [0.2, 0.25) is 5.88 Å². The summed E-state index contributed by atoms with van der Waals surface area (Å²) in [6, 6.07) is 16.4. The van der Waals surface area contributed by atoms with E-state index in [9.17, 15) is 5.26 Å². The number of benzene rings is 2. The van der Waals surface area contributed by atoms with E-state index in [2.05, 4.69) is 28.1 Å². The van der Waals surface area contributed by atoms with Crippen LogP contribution in [0, 0.1) is 11.3 Å². The van der Waals surface area contributed by atoms with Gasteiger partial charge in [-0.05, 0) is 27.4 Å². The summed E-state index contributed by atoms with van der Waals surface area (Å²) in [5, 5.41) is 13.7. The standard InChI is InChI=1S/C18H11BrN2OS/c19-11-7-15(23-9-11)16-13-6-5-10-3-1-2-4-12(10)17(13)22-18(21)14(16)8-20/h1-7,9,16H,21H2. The predicted molar refractivity (Wildman–Crippen MR) is 95.3 cm³/mol. The summed E-state index contributed by atoms with van der Waals surface area (Å²) in [5.41, 5.74) is 7.49. The Balaban J connectivity index is 2.02. The molecule has 0 spiro atoms. The maximum absolute atomic E-state index is 9.56. The Morgan fingerprint density at radius 1 is 1.22 bits per heavy atom. The number of rotatable bonds is 1. The van der Waals surface area contributed by atoms with E-state index in [0.29, 0.717) is 5.57 Å². The molecule has 3 nitrogen and oxygen atoms in total. The lowest BCUT2D eigenvalue weighted by molar-refractivity contribution is 0.399. The Kier molecular flexibility index (Phi) is 3.37. The minimum atomic E-state index is -0.190. The van der Waals surface area contributed by atoms with Crippen molar-refractivity contribution < 1.29 is 4.74 Å². The summed E-state index contributed by atoms with van der Waals surface area (Å²) < 4.78 is 6.84. The van der Waals surface area contributed by atoms with Gasteiger partial charge >= 0.3 is 0 Å². The summed E-state index contributed by atoms with van der Waals surface area (Å²) in [6.07, 6.45) is 0. The van der Waals surface area contributed by atoms with Gasteiger partial charge in [-0.3, -0.25) is 0 Å². The number of thiophene rings is 1. The van der Waals surface area contributed by atoms with E-state index in [1.54, 1.807) is 11.3 Å². The number of nitrogens with two attached hydrogens (primary N) is 1. The predicted octanol–water partition coefficient (Wildman–Crippen LogP) is 4.88. The highest BCUT2D eigenvalue weighted by Crippen LogP contribution is 2.46. The number of halogens is 1. The highest BCUT2D eigenvalue weighted by atomic mass is 79.9. The molecule has 23 heavy (non-hydrogen) atoms. The second kappa shape index (κ2) is 5.41. The zero-order valence-electron chi connectivity index (χ0n) is 11.9. The molecule has 1 aromatic heterocycles. The first-order valence-electron chi connectivity index (χ1n) is 7.02. The molecular formula is C18H11BrN2OS. The molecule has 1 unspecified atom stereocenters. The Labute approximate surface area is 145 Å². The molecule has 1 atom stereocenters. The molecule has 0 aliphatic carbocycles. The van der Waals surface area contributed by atoms with Gasteiger partial charge in [-0.2, -0.15) is 5.26 Å². The second-order valence-electron chi connectivity index (χ2n) is 5.30. The van der Waals surface area contributed by atoms with Crippen LogP contribution in [0.1, 0.15) is 16.4 Å². The van der Waals surface area contributed by atoms with E-state index in [-0.39, 0.29) is 11.8 Å². The molecule has 2 aromatic carbocycles. The van der Waals surface area contributed by atoms with Crippen molar-refractivity contribution in [2.45, 2.75) is 5.92 Å². The van der Waals surface area contributed by atoms with E-state index in [1.165, 1.54) is 0 Å². The van der Waals surface area contributed by atoms with Gasteiger partial charge < -0.3 is 10.5 Å². The molecule has 0 bridgehead atoms. The fourth-order valence-corrected chi connectivity index (χ4v) is 4.53. The lowest BCUT2D eigenvalue weighted by Crippen LogP contribution is -2.20. The molecule has 2 heterocycles. The summed E-state index contributed by atoms with van der Waals surface area (Å²) in [6.45, 7) is 0. The lowest BCUT2D eigenvalue weighted by atomic mass is 9.86. The average molecular weight is 383 g/mol. The van der Waals surface area contributed by atoms with Crippen LogP contribution in [-0.2, 0) is 0 Å². The maximum Gasteiger partial charge on any atom is 0.205 e. The van der Waals surface area contributed by atoms with Crippen LogP contribution in [0.5, 0.6) is 5.75 Å². The molecule has 1 aliphatic heterocycles. The normalized spacial score (nSPS) is 16.8. The molecule has 5 heteroatoms. The smallest absolute Gasteiger partial charge is 0.205 e. The topological polar surface area (TPSA) is 59.0 Å². The number of hydrogen-bond donors (Lipinski definition) is 1. The van der Waals surface area contributed by atoms with Gasteiger partial charge in [0.1, 0.15) is 17.4 Å². The third-order valence-corrected chi connectivity index (χ3v) is 5.74. The molecular weight excluding hydrogens is 372 g/mol. The quantitative estimate of drug-likeness (QED) is 0.652. The van der Waals surface area contributed by atoms with Crippen molar-refractivity contribution >= 4 is 38.0 Å².